The van der Waals surface area contributed by atoms with Gasteiger partial charge >= 0.3 is 0 Å². The molecule has 0 amide bonds. The lowest BCUT2D eigenvalue weighted by Crippen LogP contribution is -2.37. The van der Waals surface area contributed by atoms with Gasteiger partial charge < -0.3 is 0 Å². The van der Waals surface area contributed by atoms with E-state index in [1.165, 1.54) is 0 Å². The van der Waals surface area contributed by atoms with Crippen LogP contribution in [0.2, 0.25) is 0 Å². The van der Waals surface area contributed by atoms with Gasteiger partial charge in [-0.15, -0.1) is 0 Å². The lowest BCUT2D eigenvalue weighted by Gasteiger charge is -2.40. The molecule has 1 nitrogen and oxygen atoms in total. The van der Waals surface area contributed by atoms with Crippen LogP contribution in [0.15, 0.2) is 10.2 Å². The van der Waals surface area contributed by atoms with Crippen molar-refractivity contribution < 1.29 is 4.79 Å². The Morgan fingerprint density at radius 1 is 1.54 bits per heavy atom. The second-order valence-corrected chi connectivity index (χ2v) is 5.31. The largest absolute Gasteiger partial charge is 0.299 e. The second-order valence-electron chi connectivity index (χ2n) is 4.59. The predicted molar refractivity (Wildman–Crippen MR) is 63.8 cm³/mol. The Labute approximate surface area is 94.1 Å². The fourth-order valence-electron chi connectivity index (χ4n) is 2.22. The zero-order chi connectivity index (χ0) is 10.1. The van der Waals surface area contributed by atoms with Crippen LogP contribution in [0, 0.1) is 17.3 Å². The number of rotatable bonds is 1. The molecule has 0 aromatic rings. The highest BCUT2D eigenvalue weighted by atomic mass is 127. The van der Waals surface area contributed by atoms with Crippen molar-refractivity contribution in [2.45, 2.75) is 33.6 Å². The van der Waals surface area contributed by atoms with Crippen LogP contribution in [0.1, 0.15) is 33.6 Å². The normalized spacial score (nSPS) is 34.0. The van der Waals surface area contributed by atoms with Gasteiger partial charge in [0.2, 0.25) is 0 Å². The molecule has 2 heteroatoms. The first-order valence-electron chi connectivity index (χ1n) is 4.78. The molecule has 1 aliphatic carbocycles. The first-order valence-corrected chi connectivity index (χ1v) is 6.03. The number of hydrogen-bond acceptors (Lipinski definition) is 1. The highest BCUT2D eigenvalue weighted by molar-refractivity contribution is 14.1. The Kier molecular flexibility index (Phi) is 3.55. The molecule has 0 N–H and O–H groups in total. The summed E-state index contributed by atoms with van der Waals surface area (Å²) in [7, 11) is 0. The molecule has 13 heavy (non-hydrogen) atoms. The lowest BCUT2D eigenvalue weighted by atomic mass is 9.64. The maximum atomic E-state index is 11.5. The van der Waals surface area contributed by atoms with Crippen LogP contribution in [-0.4, -0.2) is 5.78 Å². The Bertz CT molecular complexity index is 230. The minimum absolute atomic E-state index is 0.203. The van der Waals surface area contributed by atoms with Crippen LogP contribution >= 0.6 is 22.6 Å². The van der Waals surface area contributed by atoms with E-state index in [1.807, 2.05) is 4.08 Å². The molecule has 2 atom stereocenters. The Morgan fingerprint density at radius 2 is 2.15 bits per heavy atom. The Morgan fingerprint density at radius 3 is 2.69 bits per heavy atom. The molecular formula is C11H17IO. The van der Waals surface area contributed by atoms with Crippen molar-refractivity contribution in [3.63, 3.8) is 0 Å². The highest BCUT2D eigenvalue weighted by Crippen LogP contribution is 2.43. The standard InChI is InChI=1S/C11H17IO/c1-8-9(5-7-12)11(2,3)6-4-10(8)13/h5,7-9H,4,6H2,1-3H3/b7-5-. The Balaban J connectivity index is 2.87. The van der Waals surface area contributed by atoms with Crippen LogP contribution in [-0.2, 0) is 4.79 Å². The van der Waals surface area contributed by atoms with Crippen molar-refractivity contribution in [3.8, 4) is 0 Å². The van der Waals surface area contributed by atoms with Crippen molar-refractivity contribution in [2.75, 3.05) is 0 Å². The summed E-state index contributed by atoms with van der Waals surface area (Å²) in [5, 5.41) is 0. The van der Waals surface area contributed by atoms with E-state index in [9.17, 15) is 4.79 Å². The maximum Gasteiger partial charge on any atom is 0.136 e. The van der Waals surface area contributed by atoms with Gasteiger partial charge in [-0.3, -0.25) is 4.79 Å². The van der Waals surface area contributed by atoms with Gasteiger partial charge in [-0.1, -0.05) is 49.4 Å². The zero-order valence-electron chi connectivity index (χ0n) is 8.51. The fourth-order valence-corrected chi connectivity index (χ4v) is 2.67. The monoisotopic (exact) mass is 292 g/mol. The number of Topliss-reactive ketones (excluding diaryl/α,β-unsaturated/α-hetero) is 1. The van der Waals surface area contributed by atoms with Gasteiger partial charge in [0.15, 0.2) is 0 Å². The van der Waals surface area contributed by atoms with E-state index in [0.29, 0.717) is 11.7 Å². The van der Waals surface area contributed by atoms with E-state index in [2.05, 4.69) is 49.4 Å². The van der Waals surface area contributed by atoms with Gasteiger partial charge in [0.1, 0.15) is 5.78 Å². The van der Waals surface area contributed by atoms with Gasteiger partial charge in [0.05, 0.1) is 0 Å². The molecule has 0 aromatic carbocycles. The van der Waals surface area contributed by atoms with E-state index in [0.717, 1.165) is 12.8 Å². The second kappa shape index (κ2) is 4.11. The third kappa shape index (κ3) is 2.33. The number of halogens is 1. The molecule has 2 unspecified atom stereocenters. The molecule has 0 aromatic heterocycles. The first-order chi connectivity index (χ1) is 5.99. The van der Waals surface area contributed by atoms with Crippen molar-refractivity contribution in [1.29, 1.82) is 0 Å². The summed E-state index contributed by atoms with van der Waals surface area (Å²) in [4.78, 5) is 11.5. The molecule has 0 saturated heterocycles. The maximum absolute atomic E-state index is 11.5. The molecule has 1 fully saturated rings. The van der Waals surface area contributed by atoms with Crippen LogP contribution in [0.3, 0.4) is 0 Å². The van der Waals surface area contributed by atoms with Crippen molar-refractivity contribution in [2.24, 2.45) is 17.3 Å². The van der Waals surface area contributed by atoms with E-state index in [-0.39, 0.29) is 11.3 Å². The number of carbonyl (C=O) groups is 1. The molecule has 0 heterocycles. The molecule has 1 saturated carbocycles. The van der Waals surface area contributed by atoms with Crippen LogP contribution in [0.25, 0.3) is 0 Å². The number of hydrogen-bond donors (Lipinski definition) is 0. The van der Waals surface area contributed by atoms with Gasteiger partial charge in [0.25, 0.3) is 0 Å². The molecular weight excluding hydrogens is 275 g/mol. The fraction of sp³-hybridized carbons (Fsp3) is 0.727. The zero-order valence-corrected chi connectivity index (χ0v) is 10.7. The average molecular weight is 292 g/mol. The lowest BCUT2D eigenvalue weighted by molar-refractivity contribution is -0.128. The van der Waals surface area contributed by atoms with Crippen molar-refractivity contribution >= 4 is 28.4 Å². The quantitative estimate of drug-likeness (QED) is 0.675. The smallest absolute Gasteiger partial charge is 0.136 e. The number of carbonyl (C=O) groups excluding carboxylic acids is 1. The molecule has 1 aliphatic rings. The molecule has 0 spiro atoms. The summed E-state index contributed by atoms with van der Waals surface area (Å²) in [6.07, 6.45) is 3.98. The summed E-state index contributed by atoms with van der Waals surface area (Å²) < 4.78 is 2.04. The van der Waals surface area contributed by atoms with Crippen molar-refractivity contribution in [1.82, 2.24) is 0 Å². The molecule has 0 bridgehead atoms. The van der Waals surface area contributed by atoms with Crippen LogP contribution < -0.4 is 0 Å². The summed E-state index contributed by atoms with van der Waals surface area (Å²) in [5.41, 5.74) is 0.287. The molecule has 74 valence electrons. The topological polar surface area (TPSA) is 17.1 Å². The molecule has 0 radical (unpaired) electrons. The number of allylic oxidation sites excluding steroid dienone is 1. The van der Waals surface area contributed by atoms with Crippen molar-refractivity contribution in [3.05, 3.63) is 10.2 Å². The summed E-state index contributed by atoms with van der Waals surface area (Å²) in [6, 6.07) is 0. The third-order valence-corrected chi connectivity index (χ3v) is 3.66. The number of ketones is 1. The molecule has 0 aliphatic heterocycles. The molecule has 1 rings (SSSR count). The van der Waals surface area contributed by atoms with Crippen LogP contribution in [0.4, 0.5) is 0 Å². The SMILES string of the molecule is CC1C(=O)CCC(C)(C)C1/C=C\I. The highest BCUT2D eigenvalue weighted by Gasteiger charge is 2.39. The van der Waals surface area contributed by atoms with Gasteiger partial charge in [0, 0.05) is 12.3 Å². The predicted octanol–water partition coefficient (Wildman–Crippen LogP) is 3.58. The summed E-state index contributed by atoms with van der Waals surface area (Å²) in [6.45, 7) is 6.58. The summed E-state index contributed by atoms with van der Waals surface area (Å²) in [5.74, 6) is 1.05. The van der Waals surface area contributed by atoms with Gasteiger partial charge in [-0.2, -0.15) is 0 Å². The minimum Gasteiger partial charge on any atom is -0.299 e. The minimum atomic E-state index is 0.203. The Hall–Kier alpha value is 0.140. The summed E-state index contributed by atoms with van der Waals surface area (Å²) >= 11 is 2.23. The van der Waals surface area contributed by atoms with Gasteiger partial charge in [-0.25, -0.2) is 0 Å². The first kappa shape index (κ1) is 11.2. The van der Waals surface area contributed by atoms with E-state index < -0.39 is 0 Å². The van der Waals surface area contributed by atoms with E-state index >= 15 is 0 Å². The van der Waals surface area contributed by atoms with E-state index in [4.69, 9.17) is 0 Å². The van der Waals surface area contributed by atoms with E-state index in [1.54, 1.807) is 0 Å². The third-order valence-electron chi connectivity index (χ3n) is 3.24. The van der Waals surface area contributed by atoms with Gasteiger partial charge in [-0.05, 0) is 21.8 Å². The average Bonchev–Trinajstić information content (AvgIpc) is 2.07. The van der Waals surface area contributed by atoms with Crippen LogP contribution in [0.5, 0.6) is 0 Å².